The number of fused-ring (bicyclic) bond motifs is 1. The summed E-state index contributed by atoms with van der Waals surface area (Å²) < 4.78 is 1.03. The molecule has 0 atom stereocenters. The van der Waals surface area contributed by atoms with E-state index < -0.39 is 0 Å². The van der Waals surface area contributed by atoms with Crippen molar-refractivity contribution >= 4 is 50.2 Å². The highest BCUT2D eigenvalue weighted by Gasteiger charge is 2.08. The van der Waals surface area contributed by atoms with Crippen LogP contribution in [0.4, 0.5) is 5.69 Å². The van der Waals surface area contributed by atoms with Crippen LogP contribution in [-0.4, -0.2) is 21.6 Å². The van der Waals surface area contributed by atoms with Crippen molar-refractivity contribution in [2.45, 2.75) is 11.9 Å². The average Bonchev–Trinajstić information content (AvgIpc) is 2.56. The number of nitrogens with zero attached hydrogens (tertiary/aromatic N) is 2. The van der Waals surface area contributed by atoms with E-state index in [-0.39, 0.29) is 5.91 Å². The summed E-state index contributed by atoms with van der Waals surface area (Å²) in [6.45, 7) is 1.99. The SMILES string of the molecule is Cc1cc(NC(=O)CSc2ncnc3ccccc23)ccc1Br. The van der Waals surface area contributed by atoms with Crippen molar-refractivity contribution in [3.63, 3.8) is 0 Å². The zero-order valence-electron chi connectivity index (χ0n) is 12.4. The number of thioether (sulfide) groups is 1. The third-order valence-electron chi connectivity index (χ3n) is 3.29. The predicted octanol–water partition coefficient (Wildman–Crippen LogP) is 4.43. The van der Waals surface area contributed by atoms with Gasteiger partial charge in [-0.15, -0.1) is 0 Å². The first-order valence-electron chi connectivity index (χ1n) is 7.02. The first kappa shape index (κ1) is 16.0. The largest absolute Gasteiger partial charge is 0.325 e. The predicted molar refractivity (Wildman–Crippen MR) is 97.8 cm³/mol. The highest BCUT2D eigenvalue weighted by molar-refractivity contribution is 9.10. The number of nitrogens with one attached hydrogen (secondary N) is 1. The maximum absolute atomic E-state index is 12.1. The maximum Gasteiger partial charge on any atom is 0.234 e. The standard InChI is InChI=1S/C17H14BrN3OS/c1-11-8-12(6-7-14(11)18)21-16(22)9-23-17-13-4-2-3-5-15(13)19-10-20-17/h2-8,10H,9H2,1H3,(H,21,22). The number of aromatic nitrogens is 2. The Morgan fingerprint density at radius 2 is 2.04 bits per heavy atom. The summed E-state index contributed by atoms with van der Waals surface area (Å²) in [5.41, 5.74) is 2.76. The second-order valence-corrected chi connectivity index (χ2v) is 6.82. The van der Waals surface area contributed by atoms with Crippen molar-refractivity contribution < 1.29 is 4.79 Å². The number of halogens is 1. The minimum Gasteiger partial charge on any atom is -0.325 e. The lowest BCUT2D eigenvalue weighted by atomic mass is 10.2. The molecule has 0 radical (unpaired) electrons. The van der Waals surface area contributed by atoms with Gasteiger partial charge >= 0.3 is 0 Å². The Hall–Kier alpha value is -1.92. The highest BCUT2D eigenvalue weighted by Crippen LogP contribution is 2.24. The number of para-hydroxylation sites is 1. The van der Waals surface area contributed by atoms with Gasteiger partial charge in [-0.05, 0) is 36.8 Å². The van der Waals surface area contributed by atoms with E-state index in [1.165, 1.54) is 18.1 Å². The number of amides is 1. The molecule has 0 fully saturated rings. The van der Waals surface area contributed by atoms with Crippen LogP contribution in [0.25, 0.3) is 10.9 Å². The summed E-state index contributed by atoms with van der Waals surface area (Å²) in [4.78, 5) is 20.6. The maximum atomic E-state index is 12.1. The Morgan fingerprint density at radius 1 is 1.22 bits per heavy atom. The normalized spacial score (nSPS) is 10.7. The molecular formula is C17H14BrN3OS. The fraction of sp³-hybridized carbons (Fsp3) is 0.118. The zero-order valence-corrected chi connectivity index (χ0v) is 14.8. The van der Waals surface area contributed by atoms with Gasteiger partial charge < -0.3 is 5.32 Å². The Kier molecular flexibility index (Phi) is 4.93. The molecule has 0 aliphatic rings. The number of aryl methyl sites for hydroxylation is 1. The smallest absolute Gasteiger partial charge is 0.234 e. The van der Waals surface area contributed by atoms with Crippen LogP contribution >= 0.6 is 27.7 Å². The van der Waals surface area contributed by atoms with Crippen LogP contribution in [0.5, 0.6) is 0 Å². The van der Waals surface area contributed by atoms with Crippen LogP contribution in [0.3, 0.4) is 0 Å². The number of anilines is 1. The van der Waals surface area contributed by atoms with Crippen molar-refractivity contribution in [2.75, 3.05) is 11.1 Å². The third-order valence-corrected chi connectivity index (χ3v) is 5.18. The van der Waals surface area contributed by atoms with Gasteiger partial charge in [0.05, 0.1) is 11.3 Å². The molecule has 1 aromatic heterocycles. The second-order valence-electron chi connectivity index (χ2n) is 5.00. The Morgan fingerprint density at radius 3 is 2.87 bits per heavy atom. The highest BCUT2D eigenvalue weighted by atomic mass is 79.9. The van der Waals surface area contributed by atoms with Crippen LogP contribution in [0, 0.1) is 6.92 Å². The van der Waals surface area contributed by atoms with Gasteiger partial charge in [0, 0.05) is 15.5 Å². The molecule has 0 unspecified atom stereocenters. The minimum atomic E-state index is -0.0561. The first-order valence-corrected chi connectivity index (χ1v) is 8.80. The molecule has 0 aliphatic carbocycles. The van der Waals surface area contributed by atoms with Crippen molar-refractivity contribution in [3.8, 4) is 0 Å². The van der Waals surface area contributed by atoms with Crippen LogP contribution in [0.15, 0.2) is 58.3 Å². The quantitative estimate of drug-likeness (QED) is 0.531. The molecule has 6 heteroatoms. The van der Waals surface area contributed by atoms with Crippen LogP contribution in [0.1, 0.15) is 5.56 Å². The molecule has 0 saturated carbocycles. The molecule has 0 spiro atoms. The lowest BCUT2D eigenvalue weighted by Gasteiger charge is -2.07. The molecule has 2 aromatic carbocycles. The number of carbonyl (C=O) groups excluding carboxylic acids is 1. The summed E-state index contributed by atoms with van der Waals surface area (Å²) in [6, 6.07) is 13.5. The van der Waals surface area contributed by atoms with Gasteiger partial charge in [0.1, 0.15) is 11.4 Å². The van der Waals surface area contributed by atoms with Crippen molar-refractivity contribution in [1.29, 1.82) is 0 Å². The zero-order chi connectivity index (χ0) is 16.2. The molecule has 0 aliphatic heterocycles. The number of carbonyl (C=O) groups is 1. The summed E-state index contributed by atoms with van der Waals surface area (Å²) in [7, 11) is 0. The van der Waals surface area contributed by atoms with Crippen molar-refractivity contribution in [2.24, 2.45) is 0 Å². The fourth-order valence-corrected chi connectivity index (χ4v) is 3.18. The summed E-state index contributed by atoms with van der Waals surface area (Å²) in [5.74, 6) is 0.246. The van der Waals surface area contributed by atoms with E-state index >= 15 is 0 Å². The van der Waals surface area contributed by atoms with Gasteiger partial charge in [0.15, 0.2) is 0 Å². The van der Waals surface area contributed by atoms with Gasteiger partial charge in [-0.25, -0.2) is 9.97 Å². The minimum absolute atomic E-state index is 0.0561. The van der Waals surface area contributed by atoms with E-state index in [1.54, 1.807) is 0 Å². The van der Waals surface area contributed by atoms with E-state index in [0.29, 0.717) is 5.75 Å². The number of benzene rings is 2. The second kappa shape index (κ2) is 7.10. The molecule has 23 heavy (non-hydrogen) atoms. The first-order chi connectivity index (χ1) is 11.1. The van der Waals surface area contributed by atoms with Crippen LogP contribution in [-0.2, 0) is 4.79 Å². The van der Waals surface area contributed by atoms with Crippen LogP contribution in [0.2, 0.25) is 0 Å². The summed E-state index contributed by atoms with van der Waals surface area (Å²) in [5, 5.41) is 4.69. The van der Waals surface area contributed by atoms with E-state index in [2.05, 4.69) is 31.2 Å². The van der Waals surface area contributed by atoms with E-state index in [4.69, 9.17) is 0 Å². The molecule has 0 bridgehead atoms. The molecule has 1 heterocycles. The monoisotopic (exact) mass is 387 g/mol. The Balaban J connectivity index is 1.67. The Bertz CT molecular complexity index is 864. The summed E-state index contributed by atoms with van der Waals surface area (Å²) >= 11 is 4.86. The number of hydrogen-bond acceptors (Lipinski definition) is 4. The molecule has 0 saturated heterocycles. The van der Waals surface area contributed by atoms with Crippen molar-refractivity contribution in [1.82, 2.24) is 9.97 Å². The number of rotatable bonds is 4. The Labute approximate surface area is 146 Å². The molecule has 3 rings (SSSR count). The molecule has 116 valence electrons. The van der Waals surface area contributed by atoms with E-state index in [9.17, 15) is 4.79 Å². The average molecular weight is 388 g/mol. The fourth-order valence-electron chi connectivity index (χ4n) is 2.15. The van der Waals surface area contributed by atoms with Crippen LogP contribution < -0.4 is 5.32 Å². The molecule has 1 N–H and O–H groups in total. The van der Waals surface area contributed by atoms with Gasteiger partial charge in [-0.2, -0.15) is 0 Å². The van der Waals surface area contributed by atoms with Gasteiger partial charge in [0.2, 0.25) is 5.91 Å². The lowest BCUT2D eigenvalue weighted by molar-refractivity contribution is -0.113. The topological polar surface area (TPSA) is 54.9 Å². The van der Waals surface area contributed by atoms with Gasteiger partial charge in [-0.3, -0.25) is 4.79 Å². The van der Waals surface area contributed by atoms with Gasteiger partial charge in [-0.1, -0.05) is 45.9 Å². The van der Waals surface area contributed by atoms with Crippen molar-refractivity contribution in [3.05, 3.63) is 58.8 Å². The van der Waals surface area contributed by atoms with Gasteiger partial charge in [0.25, 0.3) is 0 Å². The lowest BCUT2D eigenvalue weighted by Crippen LogP contribution is -2.14. The number of hydrogen-bond donors (Lipinski definition) is 1. The third kappa shape index (κ3) is 3.89. The molecule has 4 nitrogen and oxygen atoms in total. The molecular weight excluding hydrogens is 374 g/mol. The molecule has 1 amide bonds. The molecule has 3 aromatic rings. The summed E-state index contributed by atoms with van der Waals surface area (Å²) in [6.07, 6.45) is 1.53. The van der Waals surface area contributed by atoms with E-state index in [0.717, 1.165) is 31.7 Å². The van der Waals surface area contributed by atoms with E-state index in [1.807, 2.05) is 49.4 Å².